The van der Waals surface area contributed by atoms with Crippen LogP contribution >= 0.6 is 0 Å². The van der Waals surface area contributed by atoms with Gasteiger partial charge in [0.15, 0.2) is 5.82 Å². The zero-order chi connectivity index (χ0) is 23.2. The second-order valence-corrected chi connectivity index (χ2v) is 10.4. The Bertz CT molecular complexity index is 898. The number of hydrogen-bond acceptors (Lipinski definition) is 6. The fraction of sp³-hybridized carbons (Fsp3) is 0.625. The molecule has 2 aliphatic rings. The van der Waals surface area contributed by atoms with E-state index < -0.39 is 11.2 Å². The maximum absolute atomic E-state index is 13.4. The second kappa shape index (κ2) is 11.4. The van der Waals surface area contributed by atoms with Gasteiger partial charge in [-0.1, -0.05) is 47.5 Å². The highest BCUT2D eigenvalue weighted by atomic mass is 32.2. The van der Waals surface area contributed by atoms with Crippen LogP contribution in [0.25, 0.3) is 0 Å². The summed E-state index contributed by atoms with van der Waals surface area (Å²) in [4.78, 5) is 21.7. The van der Waals surface area contributed by atoms with Gasteiger partial charge in [0, 0.05) is 32.0 Å². The Kier molecular flexibility index (Phi) is 8.27. The molecule has 1 aromatic heterocycles. The van der Waals surface area contributed by atoms with Gasteiger partial charge in [0.25, 0.3) is 0 Å². The van der Waals surface area contributed by atoms with E-state index in [1.54, 1.807) is 0 Å². The highest BCUT2D eigenvalue weighted by molar-refractivity contribution is 7.91. The number of rotatable bonds is 7. The molecule has 1 aromatic carbocycles. The van der Waals surface area contributed by atoms with Crippen LogP contribution in [0.15, 0.2) is 28.8 Å². The fourth-order valence-corrected chi connectivity index (χ4v) is 5.63. The van der Waals surface area contributed by atoms with Gasteiger partial charge in [0.1, 0.15) is 11.5 Å². The van der Waals surface area contributed by atoms with Crippen molar-refractivity contribution in [3.63, 3.8) is 0 Å². The average molecular weight is 475 g/mol. The summed E-state index contributed by atoms with van der Waals surface area (Å²) in [5.41, 5.74) is 2.53. The number of carbonyl (C=O) groups excluding carboxylic acids is 1. The second-order valence-electron chi connectivity index (χ2n) is 8.74. The van der Waals surface area contributed by atoms with E-state index in [1.807, 2.05) is 16.7 Å². The van der Waals surface area contributed by atoms with Gasteiger partial charge in [0.05, 0.1) is 25.6 Å². The molecule has 0 saturated carbocycles. The van der Waals surface area contributed by atoms with Gasteiger partial charge in [-0.2, -0.15) is 4.98 Å². The standard InChI is InChI=1S/C24H34N4O4S/c1-3-18-5-7-19(8-6-18)20-15-21(23-25-22(26-32-23)9-12-31-4-2)17-28(16-20)24(29)27-10-13-33(30)14-11-27/h5-8,20-21H,3-4,9-17H2,1-2H3. The molecule has 0 bridgehead atoms. The lowest BCUT2D eigenvalue weighted by atomic mass is 9.84. The maximum Gasteiger partial charge on any atom is 0.320 e. The minimum Gasteiger partial charge on any atom is -0.616 e. The molecule has 180 valence electrons. The molecular formula is C24H34N4O4S. The lowest BCUT2D eigenvalue weighted by molar-refractivity contribution is 0.130. The van der Waals surface area contributed by atoms with Crippen molar-refractivity contribution in [2.24, 2.45) is 0 Å². The highest BCUT2D eigenvalue weighted by Gasteiger charge is 2.37. The summed E-state index contributed by atoms with van der Waals surface area (Å²) in [6, 6.07) is 8.72. The van der Waals surface area contributed by atoms with Crippen LogP contribution in [0.3, 0.4) is 0 Å². The van der Waals surface area contributed by atoms with Crippen LogP contribution in [0.2, 0.25) is 0 Å². The van der Waals surface area contributed by atoms with Gasteiger partial charge in [-0.15, -0.1) is 0 Å². The minimum absolute atomic E-state index is 0.0164. The predicted octanol–water partition coefficient (Wildman–Crippen LogP) is 2.97. The number of nitrogens with zero attached hydrogens (tertiary/aromatic N) is 4. The summed E-state index contributed by atoms with van der Waals surface area (Å²) in [7, 11) is 0. The van der Waals surface area contributed by atoms with E-state index in [-0.39, 0.29) is 17.9 Å². The Morgan fingerprint density at radius 3 is 2.58 bits per heavy atom. The first-order valence-electron chi connectivity index (χ1n) is 11.9. The van der Waals surface area contributed by atoms with E-state index >= 15 is 0 Å². The highest BCUT2D eigenvalue weighted by Crippen LogP contribution is 2.36. The molecule has 3 heterocycles. The lowest BCUT2D eigenvalue weighted by Gasteiger charge is -2.40. The number of aryl methyl sites for hydroxylation is 1. The number of hydrogen-bond donors (Lipinski definition) is 0. The zero-order valence-corrected chi connectivity index (χ0v) is 20.4. The number of carbonyl (C=O) groups is 1. The van der Waals surface area contributed by atoms with Gasteiger partial charge >= 0.3 is 6.03 Å². The number of benzene rings is 1. The molecule has 0 radical (unpaired) electrons. The molecule has 2 saturated heterocycles. The number of urea groups is 1. The maximum atomic E-state index is 13.4. The molecule has 2 fully saturated rings. The number of aromatic nitrogens is 2. The molecule has 4 rings (SSSR count). The predicted molar refractivity (Wildman–Crippen MR) is 127 cm³/mol. The smallest absolute Gasteiger partial charge is 0.320 e. The first-order valence-corrected chi connectivity index (χ1v) is 13.4. The first-order chi connectivity index (χ1) is 16.1. The van der Waals surface area contributed by atoms with E-state index in [0.717, 1.165) is 12.8 Å². The van der Waals surface area contributed by atoms with Crippen molar-refractivity contribution in [2.45, 2.75) is 44.9 Å². The fourth-order valence-electron chi connectivity index (χ4n) is 4.57. The third-order valence-corrected chi connectivity index (χ3v) is 7.81. The monoisotopic (exact) mass is 474 g/mol. The molecule has 2 amide bonds. The van der Waals surface area contributed by atoms with E-state index in [2.05, 4.69) is 41.3 Å². The van der Waals surface area contributed by atoms with Crippen molar-refractivity contribution in [2.75, 3.05) is 50.9 Å². The minimum atomic E-state index is -0.816. The molecule has 2 unspecified atom stereocenters. The molecule has 2 aliphatic heterocycles. The van der Waals surface area contributed by atoms with Crippen LogP contribution in [-0.2, 0) is 28.8 Å². The summed E-state index contributed by atoms with van der Waals surface area (Å²) >= 11 is -0.816. The van der Waals surface area contributed by atoms with Gasteiger partial charge in [-0.05, 0) is 30.9 Å². The summed E-state index contributed by atoms with van der Waals surface area (Å²) in [6.45, 7) is 7.63. The normalized spacial score (nSPS) is 22.0. The van der Waals surface area contributed by atoms with Crippen LogP contribution in [0.1, 0.15) is 54.9 Å². The molecule has 2 aromatic rings. The molecule has 33 heavy (non-hydrogen) atoms. The van der Waals surface area contributed by atoms with Crippen molar-refractivity contribution in [3.05, 3.63) is 47.1 Å². The van der Waals surface area contributed by atoms with Gasteiger partial charge in [-0.3, -0.25) is 0 Å². The molecule has 0 spiro atoms. The van der Waals surface area contributed by atoms with E-state index in [1.165, 1.54) is 11.1 Å². The molecule has 8 nitrogen and oxygen atoms in total. The van der Waals surface area contributed by atoms with Crippen molar-refractivity contribution in [1.29, 1.82) is 0 Å². The molecule has 9 heteroatoms. The quantitative estimate of drug-likeness (QED) is 0.452. The van der Waals surface area contributed by atoms with Crippen molar-refractivity contribution in [1.82, 2.24) is 19.9 Å². The summed E-state index contributed by atoms with van der Waals surface area (Å²) in [5, 5.41) is 4.14. The molecule has 0 aliphatic carbocycles. The van der Waals surface area contributed by atoms with E-state index in [0.29, 0.717) is 69.0 Å². The SMILES string of the molecule is CCOCCc1noc(C2CC(c3ccc(CC)cc3)CN(C(=O)N3CC[S+]([O-])CC3)C2)n1. The largest absolute Gasteiger partial charge is 0.616 e. The van der Waals surface area contributed by atoms with Gasteiger partial charge < -0.3 is 23.6 Å². The number of amides is 2. The Hall–Kier alpha value is -2.10. The lowest BCUT2D eigenvalue weighted by Crippen LogP contribution is -2.53. The number of piperidine rings is 1. The van der Waals surface area contributed by atoms with E-state index in [9.17, 15) is 9.35 Å². The van der Waals surface area contributed by atoms with Crippen LogP contribution in [0.5, 0.6) is 0 Å². The Morgan fingerprint density at radius 2 is 1.88 bits per heavy atom. The van der Waals surface area contributed by atoms with Crippen molar-refractivity contribution >= 4 is 17.2 Å². The molecule has 2 atom stereocenters. The van der Waals surface area contributed by atoms with Crippen LogP contribution in [0, 0.1) is 0 Å². The Morgan fingerprint density at radius 1 is 1.15 bits per heavy atom. The third-order valence-electron chi connectivity index (χ3n) is 6.54. The molecular weight excluding hydrogens is 440 g/mol. The van der Waals surface area contributed by atoms with Crippen LogP contribution in [-0.4, -0.2) is 81.4 Å². The third kappa shape index (κ3) is 6.07. The molecule has 0 N–H and O–H groups in total. The van der Waals surface area contributed by atoms with Crippen LogP contribution < -0.4 is 0 Å². The number of ether oxygens (including phenoxy) is 1. The first kappa shape index (κ1) is 24.0. The Balaban J connectivity index is 1.52. The van der Waals surface area contributed by atoms with E-state index in [4.69, 9.17) is 9.26 Å². The van der Waals surface area contributed by atoms with Gasteiger partial charge in [-0.25, -0.2) is 4.79 Å². The van der Waals surface area contributed by atoms with Crippen molar-refractivity contribution < 1.29 is 18.6 Å². The number of likely N-dealkylation sites (tertiary alicyclic amines) is 1. The Labute approximate surface area is 198 Å². The topological polar surface area (TPSA) is 94.8 Å². The summed E-state index contributed by atoms with van der Waals surface area (Å²) in [5.74, 6) is 2.51. The average Bonchev–Trinajstić information content (AvgIpc) is 3.33. The van der Waals surface area contributed by atoms with Crippen LogP contribution in [0.4, 0.5) is 4.79 Å². The summed E-state index contributed by atoms with van der Waals surface area (Å²) < 4.78 is 22.8. The van der Waals surface area contributed by atoms with Crippen molar-refractivity contribution in [3.8, 4) is 0 Å². The zero-order valence-electron chi connectivity index (χ0n) is 19.6. The van der Waals surface area contributed by atoms with Gasteiger partial charge in [0.2, 0.25) is 5.89 Å². The summed E-state index contributed by atoms with van der Waals surface area (Å²) in [6.07, 6.45) is 2.47.